The molecule has 0 unspecified atom stereocenters. The van der Waals surface area contributed by atoms with Gasteiger partial charge in [0.05, 0.1) is 14.2 Å². The monoisotopic (exact) mass is 373 g/mol. The maximum atomic E-state index is 12.4. The molecule has 142 valence electrons. The lowest BCUT2D eigenvalue weighted by molar-refractivity contribution is -0.123. The van der Waals surface area contributed by atoms with Crippen molar-refractivity contribution in [2.75, 3.05) is 26.3 Å². The highest BCUT2D eigenvalue weighted by atomic mass is 16.7. The van der Waals surface area contributed by atoms with E-state index >= 15 is 0 Å². The fourth-order valence-corrected chi connectivity index (χ4v) is 2.54. The Hall–Kier alpha value is -3.42. The Balaban J connectivity index is 1.67. The molecule has 0 fully saturated rings. The second-order valence-corrected chi connectivity index (χ2v) is 5.65. The summed E-state index contributed by atoms with van der Waals surface area (Å²) in [7, 11) is 2.89. The molecule has 1 aliphatic heterocycles. The van der Waals surface area contributed by atoms with Gasteiger partial charge in [-0.1, -0.05) is 6.07 Å². The van der Waals surface area contributed by atoms with Crippen molar-refractivity contribution in [2.45, 2.75) is 13.0 Å². The first kappa shape index (κ1) is 18.4. The molecular formula is C19H19NO7. The van der Waals surface area contributed by atoms with Crippen molar-refractivity contribution >= 4 is 17.6 Å². The van der Waals surface area contributed by atoms with Crippen LogP contribution in [0.15, 0.2) is 36.4 Å². The summed E-state index contributed by atoms with van der Waals surface area (Å²) in [6.07, 6.45) is -1.03. The van der Waals surface area contributed by atoms with Crippen molar-refractivity contribution in [1.82, 2.24) is 0 Å². The van der Waals surface area contributed by atoms with E-state index in [1.54, 1.807) is 30.3 Å². The average Bonchev–Trinajstić information content (AvgIpc) is 3.14. The van der Waals surface area contributed by atoms with E-state index in [0.717, 1.165) is 0 Å². The van der Waals surface area contributed by atoms with Gasteiger partial charge in [-0.25, -0.2) is 4.79 Å². The summed E-state index contributed by atoms with van der Waals surface area (Å²) in [6.45, 7) is 1.62. The predicted molar refractivity (Wildman–Crippen MR) is 95.6 cm³/mol. The number of hydrogen-bond donors (Lipinski definition) is 1. The Bertz CT molecular complexity index is 865. The Kier molecular flexibility index (Phi) is 5.35. The highest BCUT2D eigenvalue weighted by molar-refractivity contribution is 5.98. The Labute approximate surface area is 155 Å². The van der Waals surface area contributed by atoms with Crippen LogP contribution < -0.4 is 24.3 Å². The molecule has 0 saturated carbocycles. The van der Waals surface area contributed by atoms with Crippen molar-refractivity contribution in [1.29, 1.82) is 0 Å². The zero-order valence-corrected chi connectivity index (χ0v) is 15.1. The number of amides is 1. The van der Waals surface area contributed by atoms with Crippen LogP contribution in [0.25, 0.3) is 0 Å². The lowest BCUT2D eigenvalue weighted by Crippen LogP contribution is -2.30. The van der Waals surface area contributed by atoms with E-state index in [2.05, 4.69) is 5.32 Å². The average molecular weight is 373 g/mol. The highest BCUT2D eigenvalue weighted by Gasteiger charge is 2.23. The zero-order valence-electron chi connectivity index (χ0n) is 15.1. The van der Waals surface area contributed by atoms with Crippen LogP contribution in [0.1, 0.15) is 17.3 Å². The molecule has 1 N–H and O–H groups in total. The number of carbonyl (C=O) groups is 2. The molecule has 0 aliphatic carbocycles. The van der Waals surface area contributed by atoms with Crippen LogP contribution in [0.5, 0.6) is 23.0 Å². The van der Waals surface area contributed by atoms with Crippen molar-refractivity contribution < 1.29 is 33.3 Å². The standard InChI is InChI=1S/C19H19NO7/c1-11(18(21)20-12-7-8-14-16(9-12)26-10-25-14)27-19(22)13-5-4-6-15(23-2)17(13)24-3/h4-9,11H,10H2,1-3H3,(H,20,21)/t11-/m1/s1. The normalized spacial score (nSPS) is 12.9. The third-order valence-electron chi connectivity index (χ3n) is 3.92. The van der Waals surface area contributed by atoms with Gasteiger partial charge in [-0.3, -0.25) is 4.79 Å². The van der Waals surface area contributed by atoms with Crippen molar-refractivity contribution in [2.24, 2.45) is 0 Å². The summed E-state index contributed by atoms with van der Waals surface area (Å²) in [4.78, 5) is 24.8. The van der Waals surface area contributed by atoms with Gasteiger partial charge in [-0.15, -0.1) is 0 Å². The molecule has 1 aliphatic rings. The molecule has 1 atom stereocenters. The number of methoxy groups -OCH3 is 2. The van der Waals surface area contributed by atoms with Crippen LogP contribution in [-0.2, 0) is 9.53 Å². The summed E-state index contributed by atoms with van der Waals surface area (Å²) in [5.41, 5.74) is 0.672. The van der Waals surface area contributed by atoms with Crippen LogP contribution in [0.2, 0.25) is 0 Å². The number of hydrogen-bond acceptors (Lipinski definition) is 7. The third kappa shape index (κ3) is 3.89. The molecule has 0 bridgehead atoms. The molecule has 27 heavy (non-hydrogen) atoms. The molecule has 2 aromatic carbocycles. The molecule has 0 radical (unpaired) electrons. The van der Waals surface area contributed by atoms with E-state index in [-0.39, 0.29) is 18.1 Å². The number of esters is 1. The maximum absolute atomic E-state index is 12.4. The lowest BCUT2D eigenvalue weighted by atomic mass is 10.2. The maximum Gasteiger partial charge on any atom is 0.342 e. The van der Waals surface area contributed by atoms with E-state index in [0.29, 0.717) is 22.9 Å². The van der Waals surface area contributed by atoms with E-state index in [1.165, 1.54) is 27.2 Å². The van der Waals surface area contributed by atoms with Gasteiger partial charge in [-0.2, -0.15) is 0 Å². The molecule has 2 aromatic rings. The van der Waals surface area contributed by atoms with Gasteiger partial charge in [0.1, 0.15) is 5.56 Å². The van der Waals surface area contributed by atoms with Gasteiger partial charge in [0.2, 0.25) is 6.79 Å². The number of carbonyl (C=O) groups excluding carboxylic acids is 2. The van der Waals surface area contributed by atoms with Gasteiger partial charge in [0.15, 0.2) is 29.1 Å². The summed E-state index contributed by atoms with van der Waals surface area (Å²) in [6, 6.07) is 9.83. The minimum atomic E-state index is -1.03. The Morgan fingerprint density at radius 1 is 1.07 bits per heavy atom. The second-order valence-electron chi connectivity index (χ2n) is 5.65. The van der Waals surface area contributed by atoms with Gasteiger partial charge >= 0.3 is 5.97 Å². The van der Waals surface area contributed by atoms with Gasteiger partial charge in [0.25, 0.3) is 5.91 Å². The molecular weight excluding hydrogens is 354 g/mol. The van der Waals surface area contributed by atoms with Crippen molar-refractivity contribution in [3.05, 3.63) is 42.0 Å². The summed E-state index contributed by atoms with van der Waals surface area (Å²) >= 11 is 0. The van der Waals surface area contributed by atoms with E-state index in [9.17, 15) is 9.59 Å². The Morgan fingerprint density at radius 2 is 1.85 bits per heavy atom. The fourth-order valence-electron chi connectivity index (χ4n) is 2.54. The number of benzene rings is 2. The lowest BCUT2D eigenvalue weighted by Gasteiger charge is -2.16. The van der Waals surface area contributed by atoms with Gasteiger partial charge in [0, 0.05) is 11.8 Å². The first-order valence-corrected chi connectivity index (χ1v) is 8.16. The molecule has 1 heterocycles. The SMILES string of the molecule is COc1cccc(C(=O)O[C@H](C)C(=O)Nc2ccc3c(c2)OCO3)c1OC. The Morgan fingerprint density at radius 3 is 2.59 bits per heavy atom. The van der Waals surface area contributed by atoms with Gasteiger partial charge in [-0.05, 0) is 31.2 Å². The number of anilines is 1. The first-order valence-electron chi connectivity index (χ1n) is 8.16. The van der Waals surface area contributed by atoms with E-state index in [1.807, 2.05) is 0 Å². The molecule has 3 rings (SSSR count). The minimum Gasteiger partial charge on any atom is -0.493 e. The fraction of sp³-hybridized carbons (Fsp3) is 0.263. The van der Waals surface area contributed by atoms with Crippen LogP contribution >= 0.6 is 0 Å². The minimum absolute atomic E-state index is 0.142. The molecule has 8 nitrogen and oxygen atoms in total. The number of fused-ring (bicyclic) bond motifs is 1. The molecule has 1 amide bonds. The quantitative estimate of drug-likeness (QED) is 0.778. The smallest absolute Gasteiger partial charge is 0.342 e. The second kappa shape index (κ2) is 7.86. The zero-order chi connectivity index (χ0) is 19.4. The van der Waals surface area contributed by atoms with Crippen LogP contribution in [0, 0.1) is 0 Å². The number of rotatable bonds is 6. The number of para-hydroxylation sites is 1. The van der Waals surface area contributed by atoms with Crippen LogP contribution in [0.4, 0.5) is 5.69 Å². The predicted octanol–water partition coefficient (Wildman–Crippen LogP) is 2.62. The third-order valence-corrected chi connectivity index (χ3v) is 3.92. The molecule has 0 spiro atoms. The van der Waals surface area contributed by atoms with Gasteiger partial charge < -0.3 is 29.0 Å². The number of nitrogens with one attached hydrogen (secondary N) is 1. The van der Waals surface area contributed by atoms with E-state index in [4.69, 9.17) is 23.7 Å². The first-order chi connectivity index (χ1) is 13.0. The largest absolute Gasteiger partial charge is 0.493 e. The van der Waals surface area contributed by atoms with E-state index < -0.39 is 18.0 Å². The topological polar surface area (TPSA) is 92.3 Å². The molecule has 0 aromatic heterocycles. The number of ether oxygens (including phenoxy) is 5. The summed E-state index contributed by atoms with van der Waals surface area (Å²) in [5.74, 6) is 0.608. The van der Waals surface area contributed by atoms with Crippen molar-refractivity contribution in [3.63, 3.8) is 0 Å². The molecule has 0 saturated heterocycles. The molecule has 8 heteroatoms. The highest BCUT2D eigenvalue weighted by Crippen LogP contribution is 2.34. The van der Waals surface area contributed by atoms with Crippen molar-refractivity contribution in [3.8, 4) is 23.0 Å². The van der Waals surface area contributed by atoms with Crippen LogP contribution in [-0.4, -0.2) is 39.0 Å². The summed E-state index contributed by atoms with van der Waals surface area (Å²) in [5, 5.41) is 2.67. The van der Waals surface area contributed by atoms with Crippen LogP contribution in [0.3, 0.4) is 0 Å². The summed E-state index contributed by atoms with van der Waals surface area (Å²) < 4.78 is 26.1.